The molecular weight excluding hydrogens is 750 g/mol. The summed E-state index contributed by atoms with van der Waals surface area (Å²) in [6, 6.07) is 0. The van der Waals surface area contributed by atoms with Gasteiger partial charge in [-0.05, 0) is 44.9 Å². The van der Waals surface area contributed by atoms with Gasteiger partial charge < -0.3 is 18.9 Å². The minimum Gasteiger partial charge on any atom is -0.462 e. The van der Waals surface area contributed by atoms with Crippen molar-refractivity contribution < 1.29 is 42.1 Å². The van der Waals surface area contributed by atoms with Crippen LogP contribution in [0.3, 0.4) is 0 Å². The summed E-state index contributed by atoms with van der Waals surface area (Å²) in [5.74, 6) is -0.793. The maximum atomic E-state index is 12.7. The maximum absolute atomic E-state index is 12.7. The van der Waals surface area contributed by atoms with Crippen LogP contribution in [-0.4, -0.2) is 74.9 Å². The number of phosphoric ester groups is 1. The summed E-state index contributed by atoms with van der Waals surface area (Å²) in [5.41, 5.74) is 0. The predicted octanol–water partition coefficient (Wildman–Crippen LogP) is 13.9. The molecule has 58 heavy (non-hydrogen) atoms. The third-order valence-electron chi connectivity index (χ3n) is 10.5. The van der Waals surface area contributed by atoms with Gasteiger partial charge in [-0.2, -0.15) is 0 Å². The van der Waals surface area contributed by atoms with Gasteiger partial charge in [0, 0.05) is 12.8 Å². The number of quaternary nitrogens is 1. The zero-order valence-corrected chi connectivity index (χ0v) is 39.4. The summed E-state index contributed by atoms with van der Waals surface area (Å²) >= 11 is 0. The highest BCUT2D eigenvalue weighted by Crippen LogP contribution is 2.43. The highest BCUT2D eigenvalue weighted by Gasteiger charge is 2.27. The van der Waals surface area contributed by atoms with E-state index >= 15 is 0 Å². The second-order valence-electron chi connectivity index (χ2n) is 17.5. The molecule has 0 aliphatic heterocycles. The van der Waals surface area contributed by atoms with Crippen molar-refractivity contribution in [2.75, 3.05) is 47.5 Å². The topological polar surface area (TPSA) is 108 Å². The molecule has 0 rings (SSSR count). The van der Waals surface area contributed by atoms with Crippen molar-refractivity contribution in [1.29, 1.82) is 0 Å². The number of nitrogens with zero attached hydrogens (tertiary/aromatic N) is 1. The second-order valence-corrected chi connectivity index (χ2v) is 19.0. The van der Waals surface area contributed by atoms with Crippen molar-refractivity contribution in [3.05, 3.63) is 24.3 Å². The van der Waals surface area contributed by atoms with E-state index in [9.17, 15) is 19.0 Å². The SMILES string of the molecule is CCCCC/C=C/C/C=C/CCCCCCCCCCCC(=O)O[C@H](COC(=O)CCCCCCCCCCCCCCCCC)COP(=O)(O)OCC[N+](C)(C)C. The third kappa shape index (κ3) is 44.1. The van der Waals surface area contributed by atoms with E-state index in [0.717, 1.165) is 44.9 Å². The Balaban J connectivity index is 4.28. The summed E-state index contributed by atoms with van der Waals surface area (Å²) in [6.45, 7) is 4.42. The quantitative estimate of drug-likeness (QED) is 0.0212. The molecule has 0 aromatic heterocycles. The van der Waals surface area contributed by atoms with Crippen molar-refractivity contribution in [3.63, 3.8) is 0 Å². The van der Waals surface area contributed by atoms with Crippen LogP contribution < -0.4 is 0 Å². The number of carbonyl (C=O) groups is 2. The molecule has 0 spiro atoms. The molecule has 10 heteroatoms. The predicted molar refractivity (Wildman–Crippen MR) is 243 cm³/mol. The van der Waals surface area contributed by atoms with E-state index < -0.39 is 26.5 Å². The van der Waals surface area contributed by atoms with Crippen molar-refractivity contribution in [3.8, 4) is 0 Å². The fourth-order valence-corrected chi connectivity index (χ4v) is 7.43. The van der Waals surface area contributed by atoms with Gasteiger partial charge in [-0.25, -0.2) is 4.57 Å². The van der Waals surface area contributed by atoms with Crippen LogP contribution >= 0.6 is 7.82 Å². The van der Waals surface area contributed by atoms with Gasteiger partial charge >= 0.3 is 19.8 Å². The summed E-state index contributed by atoms with van der Waals surface area (Å²) in [7, 11) is 1.48. The number of ether oxygens (including phenoxy) is 2. The highest BCUT2D eigenvalue weighted by molar-refractivity contribution is 7.47. The normalized spacial score (nSPS) is 13.7. The lowest BCUT2D eigenvalue weighted by atomic mass is 10.0. The first kappa shape index (κ1) is 56.5. The number of esters is 2. The van der Waals surface area contributed by atoms with Crippen molar-refractivity contribution in [1.82, 2.24) is 0 Å². The van der Waals surface area contributed by atoms with E-state index in [4.69, 9.17) is 18.5 Å². The van der Waals surface area contributed by atoms with Crippen LogP contribution in [0.25, 0.3) is 0 Å². The first-order valence-corrected chi connectivity index (χ1v) is 25.6. The molecule has 0 aromatic carbocycles. The van der Waals surface area contributed by atoms with Crippen LogP contribution in [-0.2, 0) is 32.7 Å². The monoisotopic (exact) mass is 843 g/mol. The molecule has 0 aliphatic rings. The molecule has 1 unspecified atom stereocenters. The molecule has 342 valence electrons. The second kappa shape index (κ2) is 40.9. The Bertz CT molecular complexity index is 1040. The van der Waals surface area contributed by atoms with Gasteiger partial charge in [0.15, 0.2) is 6.10 Å². The number of rotatable bonds is 44. The summed E-state index contributed by atoms with van der Waals surface area (Å²) in [4.78, 5) is 35.5. The lowest BCUT2D eigenvalue weighted by molar-refractivity contribution is -0.870. The number of hydrogen-bond acceptors (Lipinski definition) is 7. The van der Waals surface area contributed by atoms with Crippen molar-refractivity contribution >= 4 is 19.8 Å². The average molecular weight is 843 g/mol. The first-order valence-electron chi connectivity index (χ1n) is 24.1. The Kier molecular flexibility index (Phi) is 39.8. The molecule has 2 atom stereocenters. The molecule has 0 bridgehead atoms. The fraction of sp³-hybridized carbons (Fsp3) is 0.875. The minimum absolute atomic E-state index is 0.0329. The molecule has 9 nitrogen and oxygen atoms in total. The van der Waals surface area contributed by atoms with E-state index in [1.807, 2.05) is 21.1 Å². The molecular formula is C48H93NO8P+. The number of allylic oxidation sites excluding steroid dienone is 4. The number of carbonyl (C=O) groups excluding carboxylic acids is 2. The average Bonchev–Trinajstić information content (AvgIpc) is 3.17. The standard InChI is InChI=1S/C48H92NO8P/c1-6-8-10-12-14-16-18-20-22-23-24-25-27-29-31-33-35-37-39-41-48(51)57-46(45-56-58(52,53)55-43-42-49(3,4)5)44-54-47(50)40-38-36-34-32-30-28-26-21-19-17-15-13-11-9-7-2/h14,16,20,22,46H,6-13,15,17-19,21,23-45H2,1-5H3/p+1/b16-14+,22-20+/t46-/m1/s1. The smallest absolute Gasteiger partial charge is 0.462 e. The fourth-order valence-electron chi connectivity index (χ4n) is 6.69. The van der Waals surface area contributed by atoms with E-state index in [2.05, 4.69) is 38.2 Å². The lowest BCUT2D eigenvalue weighted by Gasteiger charge is -2.24. The first-order chi connectivity index (χ1) is 28.0. The zero-order chi connectivity index (χ0) is 42.8. The summed E-state index contributed by atoms with van der Waals surface area (Å²) in [6.07, 6.45) is 45.0. The Morgan fingerprint density at radius 2 is 0.931 bits per heavy atom. The van der Waals surface area contributed by atoms with Gasteiger partial charge in [0.05, 0.1) is 27.7 Å². The van der Waals surface area contributed by atoms with Gasteiger partial charge in [-0.3, -0.25) is 18.6 Å². The molecule has 0 aliphatic carbocycles. The molecule has 0 heterocycles. The number of likely N-dealkylation sites (N-methyl/N-ethyl adjacent to an activating group) is 1. The van der Waals surface area contributed by atoms with Gasteiger partial charge in [-0.1, -0.05) is 186 Å². The van der Waals surface area contributed by atoms with Gasteiger partial charge in [0.25, 0.3) is 0 Å². The van der Waals surface area contributed by atoms with E-state index in [1.54, 1.807) is 0 Å². The molecule has 0 aromatic rings. The maximum Gasteiger partial charge on any atom is 0.472 e. The van der Waals surface area contributed by atoms with E-state index in [1.165, 1.54) is 141 Å². The Morgan fingerprint density at radius 1 is 0.534 bits per heavy atom. The molecule has 0 fully saturated rings. The molecule has 1 N–H and O–H groups in total. The van der Waals surface area contributed by atoms with Crippen LogP contribution in [0.1, 0.15) is 219 Å². The van der Waals surface area contributed by atoms with Gasteiger partial charge in [0.2, 0.25) is 0 Å². The molecule has 0 radical (unpaired) electrons. The van der Waals surface area contributed by atoms with Crippen molar-refractivity contribution in [2.45, 2.75) is 225 Å². The Hall–Kier alpha value is -1.51. The summed E-state index contributed by atoms with van der Waals surface area (Å²) in [5, 5.41) is 0. The van der Waals surface area contributed by atoms with Crippen LogP contribution in [0, 0.1) is 0 Å². The van der Waals surface area contributed by atoms with Crippen LogP contribution in [0.15, 0.2) is 24.3 Å². The van der Waals surface area contributed by atoms with E-state index in [0.29, 0.717) is 23.9 Å². The minimum atomic E-state index is -4.37. The van der Waals surface area contributed by atoms with Crippen LogP contribution in [0.2, 0.25) is 0 Å². The number of hydrogen-bond donors (Lipinski definition) is 1. The number of phosphoric acid groups is 1. The summed E-state index contributed by atoms with van der Waals surface area (Å²) < 4.78 is 34.4. The molecule has 0 saturated heterocycles. The van der Waals surface area contributed by atoms with Crippen molar-refractivity contribution in [2.24, 2.45) is 0 Å². The number of unbranched alkanes of at least 4 members (excludes halogenated alkanes) is 26. The van der Waals surface area contributed by atoms with Gasteiger partial charge in [0.1, 0.15) is 19.8 Å². The molecule has 0 amide bonds. The zero-order valence-electron chi connectivity index (χ0n) is 38.5. The van der Waals surface area contributed by atoms with Crippen LogP contribution in [0.5, 0.6) is 0 Å². The van der Waals surface area contributed by atoms with Gasteiger partial charge in [-0.15, -0.1) is 0 Å². The third-order valence-corrected chi connectivity index (χ3v) is 11.5. The largest absolute Gasteiger partial charge is 0.472 e. The molecule has 0 saturated carbocycles. The Labute approximate surface area is 358 Å². The highest BCUT2D eigenvalue weighted by atomic mass is 31.2. The van der Waals surface area contributed by atoms with Crippen LogP contribution in [0.4, 0.5) is 0 Å². The lowest BCUT2D eigenvalue weighted by Crippen LogP contribution is -2.37. The Morgan fingerprint density at radius 3 is 1.40 bits per heavy atom. The van der Waals surface area contributed by atoms with E-state index in [-0.39, 0.29) is 25.6 Å².